The fourth-order valence-electron chi connectivity index (χ4n) is 3.21. The van der Waals surface area contributed by atoms with Crippen molar-refractivity contribution in [2.24, 2.45) is 0 Å². The van der Waals surface area contributed by atoms with Crippen molar-refractivity contribution in [3.63, 3.8) is 0 Å². The van der Waals surface area contributed by atoms with Gasteiger partial charge in [0.05, 0.1) is 16.7 Å². The van der Waals surface area contributed by atoms with E-state index in [1.807, 2.05) is 6.92 Å². The number of sulfonamides is 1. The summed E-state index contributed by atoms with van der Waals surface area (Å²) in [6.07, 6.45) is 1.19. The molecule has 0 fully saturated rings. The molecule has 0 saturated carbocycles. The molecule has 2 aromatic carbocycles. The van der Waals surface area contributed by atoms with Crippen LogP contribution in [0.3, 0.4) is 0 Å². The molecule has 0 spiro atoms. The van der Waals surface area contributed by atoms with Crippen molar-refractivity contribution in [2.45, 2.75) is 44.0 Å². The Morgan fingerprint density at radius 1 is 0.906 bits per heavy atom. The van der Waals surface area contributed by atoms with Crippen LogP contribution in [0.2, 0.25) is 0 Å². The van der Waals surface area contributed by atoms with Gasteiger partial charge in [0.1, 0.15) is 0 Å². The first-order valence-corrected chi connectivity index (χ1v) is 13.9. The second-order valence-electron chi connectivity index (χ2n) is 7.59. The van der Waals surface area contributed by atoms with Crippen molar-refractivity contribution in [3.8, 4) is 0 Å². The Morgan fingerprint density at radius 3 is 1.94 bits per heavy atom. The molecule has 1 atom stereocenters. The molecule has 0 aliphatic rings. The highest BCUT2D eigenvalue weighted by Crippen LogP contribution is 2.19. The monoisotopic (exact) mass is 481 g/mol. The Labute approximate surface area is 191 Å². The van der Waals surface area contributed by atoms with E-state index in [1.54, 1.807) is 62.4 Å². The molecule has 8 nitrogen and oxygen atoms in total. The highest BCUT2D eigenvalue weighted by atomic mass is 32.2. The van der Waals surface area contributed by atoms with Gasteiger partial charge in [0.2, 0.25) is 10.0 Å². The number of nitrogens with one attached hydrogen (secondary N) is 2. The fourth-order valence-corrected chi connectivity index (χ4v) is 5.47. The zero-order valence-electron chi connectivity index (χ0n) is 18.8. The zero-order chi connectivity index (χ0) is 23.9. The summed E-state index contributed by atoms with van der Waals surface area (Å²) >= 11 is 0. The molecule has 0 heterocycles. The smallest absolute Gasteiger partial charge is 0.315 e. The Bertz CT molecular complexity index is 1110. The second kappa shape index (κ2) is 10.9. The average molecular weight is 482 g/mol. The number of urea groups is 1. The summed E-state index contributed by atoms with van der Waals surface area (Å²) in [5.74, 6) is -0.0201. The molecular formula is C22H31N3O5S2. The van der Waals surface area contributed by atoms with Crippen molar-refractivity contribution in [1.29, 1.82) is 0 Å². The van der Waals surface area contributed by atoms with Gasteiger partial charge in [0.25, 0.3) is 0 Å². The van der Waals surface area contributed by atoms with Crippen LogP contribution in [-0.4, -0.2) is 46.5 Å². The van der Waals surface area contributed by atoms with Crippen LogP contribution in [0.1, 0.15) is 43.5 Å². The number of nitrogens with zero attached hydrogens (tertiary/aromatic N) is 1. The Kier molecular flexibility index (Phi) is 8.82. The van der Waals surface area contributed by atoms with Crippen LogP contribution in [0.5, 0.6) is 0 Å². The normalized spacial score (nSPS) is 13.0. The third-order valence-corrected chi connectivity index (χ3v) is 7.90. The minimum absolute atomic E-state index is 0.0201. The molecule has 0 bridgehead atoms. The van der Waals surface area contributed by atoms with Gasteiger partial charge < -0.3 is 10.6 Å². The van der Waals surface area contributed by atoms with Gasteiger partial charge in [-0.25, -0.2) is 21.6 Å². The molecule has 2 rings (SSSR count). The third kappa shape index (κ3) is 7.32. The molecular weight excluding hydrogens is 450 g/mol. The first-order valence-electron chi connectivity index (χ1n) is 10.4. The van der Waals surface area contributed by atoms with Gasteiger partial charge in [-0.05, 0) is 35.7 Å². The van der Waals surface area contributed by atoms with Crippen LogP contribution < -0.4 is 10.6 Å². The van der Waals surface area contributed by atoms with Crippen LogP contribution in [0, 0.1) is 0 Å². The number of sulfone groups is 1. The van der Waals surface area contributed by atoms with E-state index in [1.165, 1.54) is 10.6 Å². The van der Waals surface area contributed by atoms with Crippen LogP contribution >= 0.6 is 0 Å². The molecule has 0 aromatic heterocycles. The molecule has 2 amide bonds. The predicted molar refractivity (Wildman–Crippen MR) is 125 cm³/mol. The maximum atomic E-state index is 12.6. The van der Waals surface area contributed by atoms with Gasteiger partial charge in [-0.3, -0.25) is 0 Å². The van der Waals surface area contributed by atoms with E-state index in [0.717, 1.165) is 11.1 Å². The van der Waals surface area contributed by atoms with Crippen molar-refractivity contribution < 1.29 is 21.6 Å². The highest BCUT2D eigenvalue weighted by molar-refractivity contribution is 7.90. The number of carbonyl (C=O) groups excluding carboxylic acids is 1. The van der Waals surface area contributed by atoms with Crippen molar-refractivity contribution in [3.05, 3.63) is 65.2 Å². The summed E-state index contributed by atoms with van der Waals surface area (Å²) in [5, 5.41) is 5.59. The molecule has 32 heavy (non-hydrogen) atoms. The largest absolute Gasteiger partial charge is 0.334 e. The molecule has 2 aromatic rings. The predicted octanol–water partition coefficient (Wildman–Crippen LogP) is 2.82. The summed E-state index contributed by atoms with van der Waals surface area (Å²) in [4.78, 5) is 12.5. The standard InChI is InChI=1S/C22H31N3O5S2/c1-5-25(6-2)32(29,30)21-13-11-20(12-14-21)17(3)24-22(26)23-15-18-7-9-19(10-8-18)16-31(4,27)28/h7-14,17H,5-6,15-16H2,1-4H3,(H2,23,24,26). The van der Waals surface area contributed by atoms with E-state index in [2.05, 4.69) is 10.6 Å². The van der Waals surface area contributed by atoms with E-state index in [9.17, 15) is 21.6 Å². The molecule has 0 saturated heterocycles. The topological polar surface area (TPSA) is 113 Å². The first kappa shape index (κ1) is 25.8. The molecule has 176 valence electrons. The van der Waals surface area contributed by atoms with Crippen LogP contribution in [0.15, 0.2) is 53.4 Å². The van der Waals surface area contributed by atoms with Gasteiger partial charge >= 0.3 is 6.03 Å². The van der Waals surface area contributed by atoms with Crippen LogP contribution in [0.4, 0.5) is 4.79 Å². The van der Waals surface area contributed by atoms with Crippen LogP contribution in [-0.2, 0) is 32.2 Å². The quantitative estimate of drug-likeness (QED) is 0.542. The number of carbonyl (C=O) groups is 1. The van der Waals surface area contributed by atoms with E-state index in [-0.39, 0.29) is 22.7 Å². The summed E-state index contributed by atoms with van der Waals surface area (Å²) in [6.45, 7) is 6.50. The Balaban J connectivity index is 1.92. The lowest BCUT2D eigenvalue weighted by atomic mass is 10.1. The minimum Gasteiger partial charge on any atom is -0.334 e. The first-order chi connectivity index (χ1) is 15.0. The summed E-state index contributed by atoms with van der Waals surface area (Å²) in [5.41, 5.74) is 2.32. The second-order valence-corrected chi connectivity index (χ2v) is 11.7. The Hall–Kier alpha value is -2.43. The lowest BCUT2D eigenvalue weighted by Gasteiger charge is -2.19. The maximum Gasteiger partial charge on any atom is 0.315 e. The number of hydrogen-bond acceptors (Lipinski definition) is 5. The Morgan fingerprint density at radius 2 is 1.44 bits per heavy atom. The lowest BCUT2D eigenvalue weighted by molar-refractivity contribution is 0.237. The fraction of sp³-hybridized carbons (Fsp3) is 0.409. The number of amides is 2. The van der Waals surface area contributed by atoms with E-state index in [0.29, 0.717) is 25.2 Å². The van der Waals surface area contributed by atoms with E-state index in [4.69, 9.17) is 0 Å². The molecule has 0 aliphatic carbocycles. The highest BCUT2D eigenvalue weighted by Gasteiger charge is 2.21. The molecule has 1 unspecified atom stereocenters. The summed E-state index contributed by atoms with van der Waals surface area (Å²) in [6, 6.07) is 12.8. The third-order valence-electron chi connectivity index (χ3n) is 4.98. The average Bonchev–Trinajstić information content (AvgIpc) is 2.73. The van der Waals surface area contributed by atoms with Gasteiger partial charge in [0.15, 0.2) is 9.84 Å². The van der Waals surface area contributed by atoms with Gasteiger partial charge in [-0.2, -0.15) is 4.31 Å². The van der Waals surface area contributed by atoms with Gasteiger partial charge in [-0.1, -0.05) is 50.2 Å². The van der Waals surface area contributed by atoms with E-state index < -0.39 is 19.9 Å². The SMILES string of the molecule is CCN(CC)S(=O)(=O)c1ccc(C(C)NC(=O)NCc2ccc(CS(C)(=O)=O)cc2)cc1. The van der Waals surface area contributed by atoms with Crippen molar-refractivity contribution in [2.75, 3.05) is 19.3 Å². The van der Waals surface area contributed by atoms with Gasteiger partial charge in [0, 0.05) is 25.9 Å². The molecule has 0 aliphatic heterocycles. The van der Waals surface area contributed by atoms with Crippen molar-refractivity contribution >= 4 is 25.9 Å². The van der Waals surface area contributed by atoms with E-state index >= 15 is 0 Å². The molecule has 0 radical (unpaired) electrons. The number of rotatable bonds is 10. The molecule has 10 heteroatoms. The summed E-state index contributed by atoms with van der Waals surface area (Å²) in [7, 11) is -6.61. The molecule has 2 N–H and O–H groups in total. The zero-order valence-corrected chi connectivity index (χ0v) is 20.5. The number of hydrogen-bond donors (Lipinski definition) is 2. The minimum atomic E-state index is -3.52. The maximum absolute atomic E-state index is 12.6. The summed E-state index contributed by atoms with van der Waals surface area (Å²) < 4.78 is 49.2. The number of benzene rings is 2. The van der Waals surface area contributed by atoms with Crippen LogP contribution in [0.25, 0.3) is 0 Å². The van der Waals surface area contributed by atoms with Crippen molar-refractivity contribution in [1.82, 2.24) is 14.9 Å². The van der Waals surface area contributed by atoms with Gasteiger partial charge in [-0.15, -0.1) is 0 Å². The lowest BCUT2D eigenvalue weighted by Crippen LogP contribution is -2.36.